The molecular formula is C27H33N3O3. The van der Waals surface area contributed by atoms with Gasteiger partial charge in [0, 0.05) is 37.4 Å². The predicted octanol–water partition coefficient (Wildman–Crippen LogP) is 4.19. The Morgan fingerprint density at radius 3 is 2.21 bits per heavy atom. The van der Waals surface area contributed by atoms with E-state index < -0.39 is 5.60 Å². The average molecular weight is 448 g/mol. The molecule has 2 unspecified atom stereocenters. The highest BCUT2D eigenvalue weighted by molar-refractivity contribution is 5.95. The molecule has 0 heterocycles. The van der Waals surface area contributed by atoms with Crippen LogP contribution in [0.4, 0.5) is 10.5 Å². The number of hydrogen-bond acceptors (Lipinski definition) is 3. The molecule has 0 aliphatic heterocycles. The van der Waals surface area contributed by atoms with Crippen LogP contribution in [0.2, 0.25) is 0 Å². The summed E-state index contributed by atoms with van der Waals surface area (Å²) in [5.74, 6) is 0.988. The second-order valence-electron chi connectivity index (χ2n) is 10.6. The summed E-state index contributed by atoms with van der Waals surface area (Å²) in [5, 5.41) is 14.2. The largest absolute Gasteiger partial charge is 0.390 e. The van der Waals surface area contributed by atoms with Gasteiger partial charge in [-0.15, -0.1) is 0 Å². The molecule has 0 aromatic heterocycles. The molecule has 2 aromatic rings. The Bertz CT molecular complexity index is 1020. The van der Waals surface area contributed by atoms with E-state index >= 15 is 0 Å². The van der Waals surface area contributed by atoms with Crippen LogP contribution < -0.4 is 10.2 Å². The molecule has 4 fully saturated rings. The summed E-state index contributed by atoms with van der Waals surface area (Å²) in [6.45, 7) is 0.457. The lowest BCUT2D eigenvalue weighted by Gasteiger charge is -2.60. The first-order valence-corrected chi connectivity index (χ1v) is 11.9. The fraction of sp³-hybridized carbons (Fsp3) is 0.481. The van der Waals surface area contributed by atoms with E-state index in [1.54, 1.807) is 23.9 Å². The maximum absolute atomic E-state index is 13.1. The molecule has 2 atom stereocenters. The van der Waals surface area contributed by atoms with Crippen molar-refractivity contribution < 1.29 is 14.7 Å². The van der Waals surface area contributed by atoms with Gasteiger partial charge in [-0.25, -0.2) is 4.79 Å². The van der Waals surface area contributed by atoms with Crippen molar-refractivity contribution in [3.8, 4) is 0 Å². The summed E-state index contributed by atoms with van der Waals surface area (Å²) in [6.07, 6.45) is 5.62. The first-order chi connectivity index (χ1) is 15.7. The van der Waals surface area contributed by atoms with Gasteiger partial charge in [-0.1, -0.05) is 30.3 Å². The molecule has 6 nitrogen and oxygen atoms in total. The van der Waals surface area contributed by atoms with E-state index in [0.29, 0.717) is 30.4 Å². The van der Waals surface area contributed by atoms with Gasteiger partial charge in [-0.3, -0.25) is 9.69 Å². The van der Waals surface area contributed by atoms with Gasteiger partial charge < -0.3 is 15.3 Å². The highest BCUT2D eigenvalue weighted by atomic mass is 16.3. The number of hydrogen-bond donors (Lipinski definition) is 2. The number of amides is 3. The topological polar surface area (TPSA) is 72.9 Å². The number of rotatable bonds is 5. The predicted molar refractivity (Wildman–Crippen MR) is 128 cm³/mol. The Kier molecular flexibility index (Phi) is 5.44. The Balaban J connectivity index is 1.21. The zero-order chi connectivity index (χ0) is 23.2. The summed E-state index contributed by atoms with van der Waals surface area (Å²) in [4.78, 5) is 29.1. The Hall–Kier alpha value is -2.86. The molecule has 33 heavy (non-hydrogen) atoms. The Morgan fingerprint density at radius 2 is 1.61 bits per heavy atom. The van der Waals surface area contributed by atoms with E-state index in [2.05, 4.69) is 5.32 Å². The van der Waals surface area contributed by atoms with Crippen LogP contribution in [0.25, 0.3) is 0 Å². The van der Waals surface area contributed by atoms with Crippen LogP contribution in [-0.4, -0.2) is 47.2 Å². The second kappa shape index (κ2) is 8.17. The van der Waals surface area contributed by atoms with Crippen LogP contribution >= 0.6 is 0 Å². The maximum atomic E-state index is 13.1. The summed E-state index contributed by atoms with van der Waals surface area (Å²) >= 11 is 0. The summed E-state index contributed by atoms with van der Waals surface area (Å²) in [5.41, 5.74) is 1.58. The van der Waals surface area contributed by atoms with Gasteiger partial charge in [0.05, 0.1) is 5.60 Å². The van der Waals surface area contributed by atoms with Crippen molar-refractivity contribution in [1.29, 1.82) is 0 Å². The van der Waals surface area contributed by atoms with E-state index in [1.165, 1.54) is 6.42 Å². The molecule has 4 saturated carbocycles. The van der Waals surface area contributed by atoms with Crippen molar-refractivity contribution in [3.63, 3.8) is 0 Å². The van der Waals surface area contributed by atoms with E-state index in [4.69, 9.17) is 0 Å². The molecule has 174 valence electrons. The van der Waals surface area contributed by atoms with Crippen LogP contribution in [0.5, 0.6) is 0 Å². The number of nitrogens with zero attached hydrogens (tertiary/aromatic N) is 2. The molecule has 0 radical (unpaired) electrons. The van der Waals surface area contributed by atoms with Gasteiger partial charge in [0.15, 0.2) is 0 Å². The van der Waals surface area contributed by atoms with Gasteiger partial charge in [0.2, 0.25) is 0 Å². The highest BCUT2D eigenvalue weighted by Crippen LogP contribution is 2.57. The standard InChI is InChI=1S/C27H33N3O3/c1-29(25(32)30(2)23-6-4-3-5-7-23)17-19-8-10-22(11-9-19)24(31)28-26-13-20-12-21(14-26)16-27(33,15-20)18-26/h3-11,20-21,33H,12-18H2,1-2H3,(H,28,31). The van der Waals surface area contributed by atoms with Crippen LogP contribution in [-0.2, 0) is 6.54 Å². The normalized spacial score (nSPS) is 29.5. The molecule has 4 bridgehead atoms. The van der Waals surface area contributed by atoms with E-state index in [-0.39, 0.29) is 17.5 Å². The fourth-order valence-corrected chi connectivity index (χ4v) is 6.79. The molecule has 0 spiro atoms. The quantitative estimate of drug-likeness (QED) is 0.722. The number of benzene rings is 2. The lowest BCUT2D eigenvalue weighted by Crippen LogP contribution is -2.65. The first-order valence-electron chi connectivity index (χ1n) is 11.9. The molecule has 6 heteroatoms. The highest BCUT2D eigenvalue weighted by Gasteiger charge is 2.57. The number of carbonyl (C=O) groups excluding carboxylic acids is 2. The monoisotopic (exact) mass is 447 g/mol. The van der Waals surface area contributed by atoms with Crippen molar-refractivity contribution >= 4 is 17.6 Å². The number of urea groups is 1. The molecule has 2 N–H and O–H groups in total. The third-order valence-electron chi connectivity index (χ3n) is 7.80. The van der Waals surface area contributed by atoms with Crippen molar-refractivity contribution in [3.05, 3.63) is 65.7 Å². The number of anilines is 1. The van der Waals surface area contributed by atoms with Crippen molar-refractivity contribution in [2.45, 2.75) is 56.2 Å². The molecule has 6 rings (SSSR count). The SMILES string of the molecule is CN(Cc1ccc(C(=O)NC23CC4CC(CC(O)(C4)C2)C3)cc1)C(=O)N(C)c1ccccc1. The van der Waals surface area contributed by atoms with Gasteiger partial charge >= 0.3 is 6.03 Å². The number of carbonyl (C=O) groups is 2. The minimum absolute atomic E-state index is 0.0691. The maximum Gasteiger partial charge on any atom is 0.324 e. The first kappa shape index (κ1) is 22.0. The molecule has 4 aliphatic carbocycles. The molecule has 0 saturated heterocycles. The van der Waals surface area contributed by atoms with Crippen molar-refractivity contribution in [1.82, 2.24) is 10.2 Å². The Morgan fingerprint density at radius 1 is 0.970 bits per heavy atom. The van der Waals surface area contributed by atoms with Crippen LogP contribution in [0.1, 0.15) is 54.4 Å². The lowest BCUT2D eigenvalue weighted by atomic mass is 9.51. The Labute approximate surface area is 195 Å². The summed E-state index contributed by atoms with van der Waals surface area (Å²) in [7, 11) is 3.54. The molecule has 4 aliphatic rings. The van der Waals surface area contributed by atoms with Gasteiger partial charge in [0.1, 0.15) is 0 Å². The molecular weight excluding hydrogens is 414 g/mol. The van der Waals surface area contributed by atoms with E-state index in [1.807, 2.05) is 54.6 Å². The van der Waals surface area contributed by atoms with Gasteiger partial charge in [0.25, 0.3) is 5.91 Å². The van der Waals surface area contributed by atoms with E-state index in [0.717, 1.165) is 36.9 Å². The van der Waals surface area contributed by atoms with Crippen LogP contribution in [0.3, 0.4) is 0 Å². The van der Waals surface area contributed by atoms with Crippen LogP contribution in [0.15, 0.2) is 54.6 Å². The zero-order valence-electron chi connectivity index (χ0n) is 19.5. The zero-order valence-corrected chi connectivity index (χ0v) is 19.5. The molecule has 2 aromatic carbocycles. The smallest absolute Gasteiger partial charge is 0.324 e. The third-order valence-corrected chi connectivity index (χ3v) is 7.80. The van der Waals surface area contributed by atoms with Gasteiger partial charge in [-0.2, -0.15) is 0 Å². The molecule has 3 amide bonds. The van der Waals surface area contributed by atoms with E-state index in [9.17, 15) is 14.7 Å². The number of aliphatic hydroxyl groups is 1. The minimum atomic E-state index is -0.592. The third kappa shape index (κ3) is 4.36. The fourth-order valence-electron chi connectivity index (χ4n) is 6.79. The minimum Gasteiger partial charge on any atom is -0.390 e. The summed E-state index contributed by atoms with van der Waals surface area (Å²) < 4.78 is 0. The van der Waals surface area contributed by atoms with Crippen LogP contribution in [0, 0.1) is 11.8 Å². The summed E-state index contributed by atoms with van der Waals surface area (Å²) in [6, 6.07) is 16.9. The second-order valence-corrected chi connectivity index (χ2v) is 10.6. The van der Waals surface area contributed by atoms with Crippen molar-refractivity contribution in [2.24, 2.45) is 11.8 Å². The average Bonchev–Trinajstić information content (AvgIpc) is 2.77. The number of nitrogens with one attached hydrogen (secondary N) is 1. The number of para-hydroxylation sites is 1. The van der Waals surface area contributed by atoms with Crippen molar-refractivity contribution in [2.75, 3.05) is 19.0 Å². The van der Waals surface area contributed by atoms with Gasteiger partial charge in [-0.05, 0) is 80.2 Å². The lowest BCUT2D eigenvalue weighted by molar-refractivity contribution is -0.139.